The molecule has 0 spiro atoms. The highest BCUT2D eigenvalue weighted by Gasteiger charge is 1.90. The number of carbonyl (C=O) groups is 2. The lowest BCUT2D eigenvalue weighted by atomic mass is 10.3. The molecule has 13 nitrogen and oxygen atoms in total. The molecular weight excluding hydrogens is 472 g/mol. The zero-order chi connectivity index (χ0) is 28.3. The van der Waals surface area contributed by atoms with E-state index in [1.54, 1.807) is 0 Å². The van der Waals surface area contributed by atoms with Crippen molar-refractivity contribution < 1.29 is 64.7 Å². The van der Waals surface area contributed by atoms with Crippen LogP contribution in [0, 0.1) is 0 Å². The van der Waals surface area contributed by atoms with E-state index in [0.29, 0.717) is 52.5 Å². The highest BCUT2D eigenvalue weighted by Crippen LogP contribution is 1.88. The summed E-state index contributed by atoms with van der Waals surface area (Å²) in [7, 11) is 0. The Hall–Kier alpha value is -1.94. The molecule has 0 aliphatic rings. The van der Waals surface area contributed by atoms with Crippen LogP contribution in [0.1, 0.15) is 39.5 Å². The van der Waals surface area contributed by atoms with Crippen LogP contribution in [0.5, 0.6) is 0 Å². The van der Waals surface area contributed by atoms with Crippen molar-refractivity contribution in [1.82, 2.24) is 0 Å². The first-order valence-electron chi connectivity index (χ1n) is 10.9. The lowest BCUT2D eigenvalue weighted by molar-refractivity contribution is -0.132. The molecule has 0 amide bonds. The van der Waals surface area contributed by atoms with Crippen molar-refractivity contribution in [2.24, 2.45) is 0 Å². The summed E-state index contributed by atoms with van der Waals surface area (Å²) in [4.78, 5) is 18.5. The molecule has 0 heterocycles. The van der Waals surface area contributed by atoms with Gasteiger partial charge in [-0.2, -0.15) is 0 Å². The minimum Gasteiger partial charge on any atom is -0.478 e. The molecule has 0 aliphatic heterocycles. The topological polar surface area (TPSA) is 224 Å². The second-order valence-corrected chi connectivity index (χ2v) is 5.91. The third-order valence-electron chi connectivity index (χ3n) is 2.66. The molecule has 0 aromatic carbocycles. The normalized spacial score (nSPS) is 9.20. The predicted octanol–water partition coefficient (Wildman–Crippen LogP) is -0.271. The Labute approximate surface area is 207 Å². The van der Waals surface area contributed by atoms with Gasteiger partial charge in [0.15, 0.2) is 12.6 Å². The van der Waals surface area contributed by atoms with Gasteiger partial charge in [-0.1, -0.05) is 39.8 Å². The lowest BCUT2D eigenvalue weighted by Crippen LogP contribution is -2.11. The third kappa shape index (κ3) is 88.8. The second kappa shape index (κ2) is 42.2. The van der Waals surface area contributed by atoms with Crippen molar-refractivity contribution in [1.29, 1.82) is 0 Å². The number of rotatable bonds is 16. The summed E-state index contributed by atoms with van der Waals surface area (Å²) in [6.45, 7) is 12.5. The maximum absolute atomic E-state index is 9.25. The highest BCUT2D eigenvalue weighted by atomic mass is 16.5. The lowest BCUT2D eigenvalue weighted by Gasteiger charge is -2.04. The number of carboxylic acid groups (broad SMARTS) is 2. The van der Waals surface area contributed by atoms with E-state index >= 15 is 0 Å². The molecule has 13 heteroatoms. The van der Waals surface area contributed by atoms with Crippen molar-refractivity contribution >= 4 is 11.9 Å². The van der Waals surface area contributed by atoms with Crippen LogP contribution in [0.4, 0.5) is 0 Å². The van der Waals surface area contributed by atoms with Crippen LogP contribution in [0.3, 0.4) is 0 Å². The van der Waals surface area contributed by atoms with Gasteiger partial charge in [0.05, 0.1) is 52.9 Å². The Kier molecular flexibility index (Phi) is 52.1. The van der Waals surface area contributed by atoms with Gasteiger partial charge < -0.3 is 55.1 Å². The summed E-state index contributed by atoms with van der Waals surface area (Å²) in [5.74, 6) is -1.96. The van der Waals surface area contributed by atoms with E-state index in [0.717, 1.165) is 25.0 Å². The van der Waals surface area contributed by atoms with Crippen LogP contribution in [0.2, 0.25) is 0 Å². The van der Waals surface area contributed by atoms with E-state index in [2.05, 4.69) is 13.2 Å². The van der Waals surface area contributed by atoms with E-state index in [1.807, 2.05) is 13.8 Å². The fourth-order valence-electron chi connectivity index (χ4n) is 1.19. The van der Waals surface area contributed by atoms with Gasteiger partial charge >= 0.3 is 11.9 Å². The Morgan fingerprint density at radius 1 is 0.657 bits per heavy atom. The van der Waals surface area contributed by atoms with Crippen LogP contribution in [-0.2, 0) is 23.8 Å². The van der Waals surface area contributed by atoms with E-state index in [-0.39, 0.29) is 13.2 Å². The van der Waals surface area contributed by atoms with Crippen molar-refractivity contribution in [3.05, 3.63) is 25.3 Å². The third-order valence-corrected chi connectivity index (χ3v) is 2.66. The van der Waals surface area contributed by atoms with Gasteiger partial charge in [0.2, 0.25) is 0 Å². The van der Waals surface area contributed by atoms with Crippen LogP contribution >= 0.6 is 0 Å². The SMILES string of the molecule is C=CC(=O)O.C=CC(=O)O.CCCC(O)O.CCCC(O)O.OCCOCCOCCOCCO. The number of hydrogen-bond donors (Lipinski definition) is 8. The zero-order valence-electron chi connectivity index (χ0n) is 20.8. The van der Waals surface area contributed by atoms with Gasteiger partial charge in [-0.15, -0.1) is 0 Å². The van der Waals surface area contributed by atoms with Crippen molar-refractivity contribution in [2.45, 2.75) is 52.1 Å². The number of aliphatic carboxylic acids is 2. The Morgan fingerprint density at radius 3 is 1.00 bits per heavy atom. The highest BCUT2D eigenvalue weighted by molar-refractivity contribution is 5.79. The van der Waals surface area contributed by atoms with E-state index in [4.69, 9.17) is 55.1 Å². The van der Waals surface area contributed by atoms with Gasteiger partial charge in [-0.25, -0.2) is 9.59 Å². The van der Waals surface area contributed by atoms with E-state index in [1.165, 1.54) is 0 Å². The monoisotopic (exact) mass is 518 g/mol. The minimum absolute atomic E-state index is 0.0413. The predicted molar refractivity (Wildman–Crippen MR) is 129 cm³/mol. The van der Waals surface area contributed by atoms with E-state index < -0.39 is 24.5 Å². The summed E-state index contributed by atoms with van der Waals surface area (Å²) < 4.78 is 15.0. The second-order valence-electron chi connectivity index (χ2n) is 5.91. The summed E-state index contributed by atoms with van der Waals surface area (Å²) in [5.41, 5.74) is 0. The van der Waals surface area contributed by atoms with Crippen LogP contribution in [-0.4, -0.2) is 118 Å². The smallest absolute Gasteiger partial charge is 0.327 e. The molecule has 0 aromatic rings. The molecule has 0 atom stereocenters. The average molecular weight is 519 g/mol. The summed E-state index contributed by atoms with van der Waals surface area (Å²) in [6, 6.07) is 0. The maximum atomic E-state index is 9.25. The molecule has 0 saturated heterocycles. The summed E-state index contributed by atoms with van der Waals surface area (Å²) in [6.07, 6.45) is 2.10. The molecule has 212 valence electrons. The molecular formula is C22H46O13. The van der Waals surface area contributed by atoms with Crippen molar-refractivity contribution in [3.8, 4) is 0 Å². The first-order chi connectivity index (χ1) is 16.5. The summed E-state index contributed by atoms with van der Waals surface area (Å²) >= 11 is 0. The Morgan fingerprint density at radius 2 is 0.886 bits per heavy atom. The van der Waals surface area contributed by atoms with Crippen molar-refractivity contribution in [2.75, 3.05) is 52.9 Å². The van der Waals surface area contributed by atoms with Gasteiger partial charge in [-0.05, 0) is 12.8 Å². The van der Waals surface area contributed by atoms with Crippen molar-refractivity contribution in [3.63, 3.8) is 0 Å². The molecule has 0 bridgehead atoms. The molecule has 8 N–H and O–H groups in total. The zero-order valence-corrected chi connectivity index (χ0v) is 20.8. The van der Waals surface area contributed by atoms with Gasteiger partial charge in [0.1, 0.15) is 0 Å². The molecule has 0 aromatic heterocycles. The Bertz CT molecular complexity index is 392. The summed E-state index contributed by atoms with van der Waals surface area (Å²) in [5, 5.41) is 64.4. The number of aliphatic hydroxyl groups excluding tert-OH is 4. The molecule has 0 unspecified atom stereocenters. The van der Waals surface area contributed by atoms with Gasteiger partial charge in [0, 0.05) is 12.2 Å². The van der Waals surface area contributed by atoms with Gasteiger partial charge in [0.25, 0.3) is 0 Å². The Balaban J connectivity index is -0.000000116. The van der Waals surface area contributed by atoms with E-state index in [9.17, 15) is 9.59 Å². The number of carboxylic acids is 2. The molecule has 0 radical (unpaired) electrons. The van der Waals surface area contributed by atoms with Crippen LogP contribution in [0.15, 0.2) is 25.3 Å². The van der Waals surface area contributed by atoms with Crippen LogP contribution in [0.25, 0.3) is 0 Å². The minimum atomic E-state index is -1.10. The fourth-order valence-corrected chi connectivity index (χ4v) is 1.19. The molecule has 0 saturated carbocycles. The molecule has 35 heavy (non-hydrogen) atoms. The first-order valence-corrected chi connectivity index (χ1v) is 10.9. The molecule has 0 fully saturated rings. The largest absolute Gasteiger partial charge is 0.478 e. The standard InChI is InChI=1S/C8H18O5.2C4H10O2.2C3H4O2/c9-1-3-11-5-7-13-8-6-12-4-2-10;2*1-2-3-4(5)6;2*1-2-3(4)5/h9-10H,1-8H2;2*4-6H,2-3H2,1H3;2*2H,1H2,(H,4,5). The number of aliphatic hydroxyl groups is 6. The number of hydrogen-bond acceptors (Lipinski definition) is 11. The molecule has 0 rings (SSSR count). The van der Waals surface area contributed by atoms with Crippen LogP contribution < -0.4 is 0 Å². The fraction of sp³-hybridized carbons (Fsp3) is 0.727. The number of ether oxygens (including phenoxy) is 3. The molecule has 0 aliphatic carbocycles. The first kappa shape index (κ1) is 43.2. The van der Waals surface area contributed by atoms with Gasteiger partial charge in [-0.3, -0.25) is 0 Å². The quantitative estimate of drug-likeness (QED) is 0.0749. The maximum Gasteiger partial charge on any atom is 0.327 e. The average Bonchev–Trinajstić information content (AvgIpc) is 2.79.